The molecular weight excluding hydrogens is 222 g/mol. The molecule has 3 rings (SSSR count). The van der Waals surface area contributed by atoms with E-state index < -0.39 is 0 Å². The van der Waals surface area contributed by atoms with E-state index in [9.17, 15) is 0 Å². The van der Waals surface area contributed by atoms with Gasteiger partial charge in [0.05, 0.1) is 11.5 Å². The van der Waals surface area contributed by atoms with E-state index in [-0.39, 0.29) is 5.41 Å². The Hall–Kier alpha value is -0.550. The molecule has 2 saturated heterocycles. The van der Waals surface area contributed by atoms with Crippen LogP contribution < -0.4 is 5.32 Å². The minimum Gasteiger partial charge on any atom is -0.339 e. The Bertz CT molecular complexity index is 367. The third kappa shape index (κ3) is 1.76. The molecule has 2 aliphatic rings. The quantitative estimate of drug-likeness (QED) is 0.854. The van der Waals surface area contributed by atoms with Gasteiger partial charge in [-0.05, 0) is 38.5 Å². The molecule has 0 amide bonds. The highest BCUT2D eigenvalue weighted by atomic mass is 32.2. The molecule has 0 radical (unpaired) electrons. The van der Waals surface area contributed by atoms with Gasteiger partial charge in [-0.1, -0.05) is 5.16 Å². The fraction of sp³-hybridized carbons (Fsp3) is 0.818. The van der Waals surface area contributed by atoms with E-state index in [2.05, 4.69) is 22.4 Å². The van der Waals surface area contributed by atoms with E-state index in [0.717, 1.165) is 36.9 Å². The predicted molar refractivity (Wildman–Crippen MR) is 63.6 cm³/mol. The Morgan fingerprint density at radius 2 is 2.50 bits per heavy atom. The van der Waals surface area contributed by atoms with Crippen molar-refractivity contribution in [3.05, 3.63) is 11.7 Å². The van der Waals surface area contributed by atoms with Crippen molar-refractivity contribution in [3.63, 3.8) is 0 Å². The van der Waals surface area contributed by atoms with Gasteiger partial charge in [0.25, 0.3) is 0 Å². The smallest absolute Gasteiger partial charge is 0.233 e. The van der Waals surface area contributed by atoms with Gasteiger partial charge < -0.3 is 9.84 Å². The summed E-state index contributed by atoms with van der Waals surface area (Å²) in [6.45, 7) is 3.30. The van der Waals surface area contributed by atoms with Crippen molar-refractivity contribution >= 4 is 11.8 Å². The lowest BCUT2D eigenvalue weighted by Crippen LogP contribution is -2.22. The standard InChI is InChI=1S/C11H17N3OS/c1-11(4-6-16-7-11)10-13-9(14-15-10)8-3-2-5-12-8/h8,12H,2-7H2,1H3. The Kier molecular flexibility index (Phi) is 2.67. The molecule has 88 valence electrons. The Morgan fingerprint density at radius 1 is 1.56 bits per heavy atom. The fourth-order valence-corrected chi connectivity index (χ4v) is 3.82. The summed E-state index contributed by atoms with van der Waals surface area (Å²) in [7, 11) is 0. The highest BCUT2D eigenvalue weighted by Crippen LogP contribution is 2.38. The summed E-state index contributed by atoms with van der Waals surface area (Å²) in [4.78, 5) is 4.59. The zero-order chi connectivity index (χ0) is 11.0. The molecule has 0 aromatic carbocycles. The second-order valence-electron chi connectivity index (χ2n) is 4.97. The van der Waals surface area contributed by atoms with Crippen molar-refractivity contribution in [2.75, 3.05) is 18.1 Å². The van der Waals surface area contributed by atoms with Crippen molar-refractivity contribution < 1.29 is 4.52 Å². The van der Waals surface area contributed by atoms with Crippen molar-refractivity contribution in [2.45, 2.75) is 37.6 Å². The van der Waals surface area contributed by atoms with Crippen LogP contribution >= 0.6 is 11.8 Å². The summed E-state index contributed by atoms with van der Waals surface area (Å²) in [5, 5.41) is 7.53. The molecule has 5 heteroatoms. The Labute approximate surface area is 99.6 Å². The van der Waals surface area contributed by atoms with Crippen LogP contribution in [0.2, 0.25) is 0 Å². The minimum absolute atomic E-state index is 0.106. The molecule has 16 heavy (non-hydrogen) atoms. The molecule has 1 N–H and O–H groups in total. The number of rotatable bonds is 2. The van der Waals surface area contributed by atoms with Gasteiger partial charge in [0.15, 0.2) is 5.82 Å². The normalized spacial score (nSPS) is 34.7. The van der Waals surface area contributed by atoms with Crippen LogP contribution in [-0.2, 0) is 5.41 Å². The number of aromatic nitrogens is 2. The zero-order valence-corrected chi connectivity index (χ0v) is 10.3. The lowest BCUT2D eigenvalue weighted by molar-refractivity contribution is 0.307. The first-order chi connectivity index (χ1) is 7.78. The molecule has 2 atom stereocenters. The van der Waals surface area contributed by atoms with Gasteiger partial charge in [-0.15, -0.1) is 0 Å². The van der Waals surface area contributed by atoms with Gasteiger partial charge in [0.1, 0.15) is 0 Å². The van der Waals surface area contributed by atoms with Crippen LogP contribution in [0.3, 0.4) is 0 Å². The van der Waals surface area contributed by atoms with Crippen LogP contribution in [0.1, 0.15) is 43.9 Å². The number of hydrogen-bond acceptors (Lipinski definition) is 5. The number of nitrogens with one attached hydrogen (secondary N) is 1. The topological polar surface area (TPSA) is 51.0 Å². The van der Waals surface area contributed by atoms with Crippen molar-refractivity contribution in [3.8, 4) is 0 Å². The maximum Gasteiger partial charge on any atom is 0.233 e. The zero-order valence-electron chi connectivity index (χ0n) is 9.53. The van der Waals surface area contributed by atoms with E-state index in [0.29, 0.717) is 6.04 Å². The van der Waals surface area contributed by atoms with Crippen LogP contribution in [0.4, 0.5) is 0 Å². The van der Waals surface area contributed by atoms with E-state index in [1.807, 2.05) is 11.8 Å². The molecule has 2 aliphatic heterocycles. The minimum atomic E-state index is 0.106. The molecule has 2 fully saturated rings. The molecule has 1 aromatic heterocycles. The second kappa shape index (κ2) is 4.04. The molecule has 2 unspecified atom stereocenters. The predicted octanol–water partition coefficient (Wildman–Crippen LogP) is 1.89. The molecule has 1 aromatic rings. The van der Waals surface area contributed by atoms with Gasteiger partial charge >= 0.3 is 0 Å². The number of hydrogen-bond donors (Lipinski definition) is 1. The molecular formula is C11H17N3OS. The van der Waals surface area contributed by atoms with Gasteiger partial charge in [-0.25, -0.2) is 0 Å². The lowest BCUT2D eigenvalue weighted by Gasteiger charge is -2.16. The van der Waals surface area contributed by atoms with Crippen LogP contribution in [-0.4, -0.2) is 28.2 Å². The number of thioether (sulfide) groups is 1. The molecule has 3 heterocycles. The first-order valence-electron chi connectivity index (χ1n) is 5.93. The summed E-state index contributed by atoms with van der Waals surface area (Å²) >= 11 is 1.97. The number of nitrogens with zero attached hydrogens (tertiary/aromatic N) is 2. The van der Waals surface area contributed by atoms with Gasteiger partial charge in [0.2, 0.25) is 5.89 Å². The van der Waals surface area contributed by atoms with Crippen LogP contribution in [0, 0.1) is 0 Å². The van der Waals surface area contributed by atoms with Gasteiger partial charge in [0, 0.05) is 5.75 Å². The SMILES string of the molecule is CC1(c2nc(C3CCCN3)no2)CCSC1. The molecule has 4 nitrogen and oxygen atoms in total. The molecule has 0 aliphatic carbocycles. The summed E-state index contributed by atoms with van der Waals surface area (Å²) in [5.41, 5.74) is 0.106. The average Bonchev–Trinajstić information content (AvgIpc) is 2.98. The highest BCUT2D eigenvalue weighted by Gasteiger charge is 2.37. The summed E-state index contributed by atoms with van der Waals surface area (Å²) in [6, 6.07) is 0.315. The van der Waals surface area contributed by atoms with Crippen LogP contribution in [0.25, 0.3) is 0 Å². The van der Waals surface area contributed by atoms with Crippen molar-refractivity contribution in [1.29, 1.82) is 0 Å². The fourth-order valence-electron chi connectivity index (χ4n) is 2.36. The molecule has 0 saturated carbocycles. The average molecular weight is 239 g/mol. The summed E-state index contributed by atoms with van der Waals surface area (Å²) in [6.07, 6.45) is 3.49. The van der Waals surface area contributed by atoms with Crippen LogP contribution in [0.15, 0.2) is 4.52 Å². The third-order valence-electron chi connectivity index (χ3n) is 3.55. The van der Waals surface area contributed by atoms with Crippen molar-refractivity contribution in [1.82, 2.24) is 15.5 Å². The van der Waals surface area contributed by atoms with Crippen molar-refractivity contribution in [2.24, 2.45) is 0 Å². The first kappa shape index (κ1) is 10.6. The van der Waals surface area contributed by atoms with E-state index in [4.69, 9.17) is 4.52 Å². The summed E-state index contributed by atoms with van der Waals surface area (Å²) < 4.78 is 5.45. The van der Waals surface area contributed by atoms with E-state index in [1.165, 1.54) is 12.2 Å². The van der Waals surface area contributed by atoms with Crippen LogP contribution in [0.5, 0.6) is 0 Å². The third-order valence-corrected chi connectivity index (χ3v) is 4.88. The molecule has 0 spiro atoms. The monoisotopic (exact) mass is 239 g/mol. The summed E-state index contributed by atoms with van der Waals surface area (Å²) in [5.74, 6) is 4.00. The Morgan fingerprint density at radius 3 is 3.19 bits per heavy atom. The van der Waals surface area contributed by atoms with E-state index >= 15 is 0 Å². The van der Waals surface area contributed by atoms with Gasteiger partial charge in [-0.3, -0.25) is 0 Å². The Balaban J connectivity index is 1.81. The maximum absolute atomic E-state index is 5.45. The lowest BCUT2D eigenvalue weighted by atomic mass is 9.90. The highest BCUT2D eigenvalue weighted by molar-refractivity contribution is 7.99. The first-order valence-corrected chi connectivity index (χ1v) is 7.09. The molecule has 0 bridgehead atoms. The second-order valence-corrected chi connectivity index (χ2v) is 6.08. The van der Waals surface area contributed by atoms with Gasteiger partial charge in [-0.2, -0.15) is 16.7 Å². The van der Waals surface area contributed by atoms with E-state index in [1.54, 1.807) is 0 Å². The maximum atomic E-state index is 5.45. The largest absolute Gasteiger partial charge is 0.339 e.